The highest BCUT2D eigenvalue weighted by atomic mass is 32.1. The smallest absolute Gasteiger partial charge is 0.254 e. The average molecular weight is 441 g/mol. The minimum atomic E-state index is 0.0311. The third-order valence-electron chi connectivity index (χ3n) is 6.59. The first kappa shape index (κ1) is 21.9. The molecular weight excluding hydrogens is 408 g/mol. The number of nitrogens with zero attached hydrogens (tertiary/aromatic N) is 1. The minimum absolute atomic E-state index is 0.0311. The van der Waals surface area contributed by atoms with Crippen LogP contribution < -0.4 is 10.1 Å². The maximum absolute atomic E-state index is 13.2. The summed E-state index contributed by atoms with van der Waals surface area (Å²) in [6.07, 6.45) is 7.99. The SMILES string of the molecule is COc1ccc(NC(=O)CC[C@@H]2CCCN(C(=O)c3csc4c3CCCC4)C2)c(C)c1. The van der Waals surface area contributed by atoms with Crippen molar-refractivity contribution in [2.24, 2.45) is 5.92 Å². The first-order chi connectivity index (χ1) is 15.0. The van der Waals surface area contributed by atoms with E-state index in [1.165, 1.54) is 23.3 Å². The van der Waals surface area contributed by atoms with Gasteiger partial charge in [-0.15, -0.1) is 11.3 Å². The number of methoxy groups -OCH3 is 1. The van der Waals surface area contributed by atoms with Gasteiger partial charge < -0.3 is 15.0 Å². The number of ether oxygens (including phenoxy) is 1. The zero-order valence-corrected chi connectivity index (χ0v) is 19.4. The van der Waals surface area contributed by atoms with Gasteiger partial charge in [0.2, 0.25) is 5.91 Å². The van der Waals surface area contributed by atoms with E-state index in [0.717, 1.165) is 67.8 Å². The van der Waals surface area contributed by atoms with Crippen LogP contribution in [0, 0.1) is 12.8 Å². The highest BCUT2D eigenvalue weighted by Gasteiger charge is 2.28. The Morgan fingerprint density at radius 2 is 2.06 bits per heavy atom. The van der Waals surface area contributed by atoms with Crippen molar-refractivity contribution >= 4 is 28.8 Å². The predicted molar refractivity (Wildman–Crippen MR) is 125 cm³/mol. The number of carbonyl (C=O) groups is 2. The Bertz CT molecular complexity index is 952. The Morgan fingerprint density at radius 3 is 2.87 bits per heavy atom. The van der Waals surface area contributed by atoms with Crippen LogP contribution in [-0.4, -0.2) is 36.9 Å². The number of piperidine rings is 1. The lowest BCUT2D eigenvalue weighted by Crippen LogP contribution is -2.40. The summed E-state index contributed by atoms with van der Waals surface area (Å²) in [5, 5.41) is 5.09. The van der Waals surface area contributed by atoms with E-state index < -0.39 is 0 Å². The summed E-state index contributed by atoms with van der Waals surface area (Å²) in [6, 6.07) is 5.66. The summed E-state index contributed by atoms with van der Waals surface area (Å²) in [5.41, 5.74) is 4.06. The number of hydrogen-bond donors (Lipinski definition) is 1. The van der Waals surface area contributed by atoms with Crippen molar-refractivity contribution < 1.29 is 14.3 Å². The summed E-state index contributed by atoms with van der Waals surface area (Å²) in [7, 11) is 1.64. The van der Waals surface area contributed by atoms with E-state index in [2.05, 4.69) is 10.7 Å². The molecule has 0 radical (unpaired) electrons. The monoisotopic (exact) mass is 440 g/mol. The molecule has 166 valence electrons. The molecule has 31 heavy (non-hydrogen) atoms. The Balaban J connectivity index is 1.30. The van der Waals surface area contributed by atoms with Crippen molar-refractivity contribution in [1.29, 1.82) is 0 Å². The van der Waals surface area contributed by atoms with Crippen LogP contribution in [0.15, 0.2) is 23.6 Å². The van der Waals surface area contributed by atoms with Crippen LogP contribution in [0.1, 0.15) is 64.9 Å². The number of likely N-dealkylation sites (tertiary alicyclic amines) is 1. The Hall–Kier alpha value is -2.34. The van der Waals surface area contributed by atoms with Gasteiger partial charge in [-0.3, -0.25) is 9.59 Å². The highest BCUT2D eigenvalue weighted by molar-refractivity contribution is 7.10. The molecule has 1 N–H and O–H groups in total. The number of fused-ring (bicyclic) bond motifs is 1. The maximum Gasteiger partial charge on any atom is 0.254 e. The molecule has 0 saturated carbocycles. The van der Waals surface area contributed by atoms with Gasteiger partial charge in [0.1, 0.15) is 5.75 Å². The van der Waals surface area contributed by atoms with Crippen LogP contribution >= 0.6 is 11.3 Å². The second-order valence-electron chi connectivity index (χ2n) is 8.79. The van der Waals surface area contributed by atoms with Gasteiger partial charge in [0.25, 0.3) is 5.91 Å². The minimum Gasteiger partial charge on any atom is -0.497 e. The molecular formula is C25H32N2O3S. The first-order valence-corrected chi connectivity index (χ1v) is 12.3. The van der Waals surface area contributed by atoms with E-state index >= 15 is 0 Å². The maximum atomic E-state index is 13.2. The van der Waals surface area contributed by atoms with Crippen molar-refractivity contribution in [3.8, 4) is 5.75 Å². The summed E-state index contributed by atoms with van der Waals surface area (Å²) >= 11 is 1.76. The van der Waals surface area contributed by atoms with Gasteiger partial charge in [0, 0.05) is 35.5 Å². The molecule has 5 nitrogen and oxygen atoms in total. The first-order valence-electron chi connectivity index (χ1n) is 11.4. The number of amides is 2. The standard InChI is InChI=1S/C25H32N2O3S/c1-17-14-19(30-2)10-11-22(17)26-24(28)12-9-18-6-5-13-27(15-18)25(29)21-16-31-23-8-4-3-7-20(21)23/h10-11,14,16,18H,3-9,12-13,15H2,1-2H3,(H,26,28)/t18-/m0/s1. The Labute approximate surface area is 188 Å². The molecule has 1 saturated heterocycles. The largest absolute Gasteiger partial charge is 0.497 e. The Kier molecular flexibility index (Phi) is 6.96. The second-order valence-corrected chi connectivity index (χ2v) is 9.75. The molecule has 6 heteroatoms. The number of rotatable bonds is 6. The third kappa shape index (κ3) is 5.12. The van der Waals surface area contributed by atoms with E-state index in [4.69, 9.17) is 4.74 Å². The number of hydrogen-bond acceptors (Lipinski definition) is 4. The fourth-order valence-corrected chi connectivity index (χ4v) is 5.90. The van der Waals surface area contributed by atoms with E-state index in [1.54, 1.807) is 18.4 Å². The van der Waals surface area contributed by atoms with Crippen LogP contribution in [0.3, 0.4) is 0 Å². The fraction of sp³-hybridized carbons (Fsp3) is 0.520. The highest BCUT2D eigenvalue weighted by Crippen LogP contribution is 2.32. The molecule has 2 heterocycles. The van der Waals surface area contributed by atoms with Gasteiger partial charge in [0.05, 0.1) is 12.7 Å². The molecule has 2 aliphatic rings. The molecule has 0 unspecified atom stereocenters. The molecule has 1 atom stereocenters. The quantitative estimate of drug-likeness (QED) is 0.670. The number of benzene rings is 1. The number of thiophene rings is 1. The van der Waals surface area contributed by atoms with Crippen molar-refractivity contribution in [3.05, 3.63) is 45.1 Å². The van der Waals surface area contributed by atoms with Gasteiger partial charge in [-0.2, -0.15) is 0 Å². The van der Waals surface area contributed by atoms with Crippen LogP contribution in [-0.2, 0) is 17.6 Å². The Morgan fingerprint density at radius 1 is 1.23 bits per heavy atom. The molecule has 2 aromatic rings. The topological polar surface area (TPSA) is 58.6 Å². The number of anilines is 1. The van der Waals surface area contributed by atoms with E-state index in [1.807, 2.05) is 30.0 Å². The lowest BCUT2D eigenvalue weighted by Gasteiger charge is -2.33. The zero-order valence-electron chi connectivity index (χ0n) is 18.5. The molecule has 1 aliphatic heterocycles. The van der Waals surface area contributed by atoms with Gasteiger partial charge in [-0.25, -0.2) is 0 Å². The van der Waals surface area contributed by atoms with Crippen molar-refractivity contribution in [3.63, 3.8) is 0 Å². The second kappa shape index (κ2) is 9.86. The van der Waals surface area contributed by atoms with Crippen molar-refractivity contribution in [2.75, 3.05) is 25.5 Å². The summed E-state index contributed by atoms with van der Waals surface area (Å²) in [6.45, 7) is 3.56. The number of carbonyl (C=O) groups excluding carboxylic acids is 2. The molecule has 0 bridgehead atoms. The molecule has 1 aliphatic carbocycles. The van der Waals surface area contributed by atoms with Crippen LogP contribution in [0.2, 0.25) is 0 Å². The number of aryl methyl sites for hydroxylation is 2. The normalized spacial score (nSPS) is 18.4. The van der Waals surface area contributed by atoms with E-state index in [9.17, 15) is 9.59 Å². The van der Waals surface area contributed by atoms with Gasteiger partial charge in [-0.05, 0) is 87.1 Å². The van der Waals surface area contributed by atoms with Gasteiger partial charge in [-0.1, -0.05) is 0 Å². The number of nitrogens with one attached hydrogen (secondary N) is 1. The zero-order chi connectivity index (χ0) is 21.8. The summed E-state index contributed by atoms with van der Waals surface area (Å²) in [4.78, 5) is 29.1. The van der Waals surface area contributed by atoms with Crippen LogP contribution in [0.5, 0.6) is 5.75 Å². The third-order valence-corrected chi connectivity index (χ3v) is 7.67. The van der Waals surface area contributed by atoms with Crippen LogP contribution in [0.25, 0.3) is 0 Å². The molecule has 4 rings (SSSR count). The average Bonchev–Trinajstić information content (AvgIpc) is 3.23. The van der Waals surface area contributed by atoms with Crippen LogP contribution in [0.4, 0.5) is 5.69 Å². The molecule has 1 fully saturated rings. The van der Waals surface area contributed by atoms with Gasteiger partial charge in [0.15, 0.2) is 0 Å². The summed E-state index contributed by atoms with van der Waals surface area (Å²) < 4.78 is 5.22. The fourth-order valence-electron chi connectivity index (χ4n) is 4.78. The molecule has 1 aromatic heterocycles. The lowest BCUT2D eigenvalue weighted by atomic mass is 9.91. The van der Waals surface area contributed by atoms with E-state index in [0.29, 0.717) is 12.3 Å². The van der Waals surface area contributed by atoms with Gasteiger partial charge >= 0.3 is 0 Å². The molecule has 0 spiro atoms. The molecule has 2 amide bonds. The summed E-state index contributed by atoms with van der Waals surface area (Å²) in [5.74, 6) is 1.40. The molecule has 1 aromatic carbocycles. The van der Waals surface area contributed by atoms with Crippen molar-refractivity contribution in [2.45, 2.75) is 58.3 Å². The van der Waals surface area contributed by atoms with E-state index in [-0.39, 0.29) is 11.8 Å². The predicted octanol–water partition coefficient (Wildman–Crippen LogP) is 5.22. The van der Waals surface area contributed by atoms with Crippen molar-refractivity contribution in [1.82, 2.24) is 4.90 Å². The lowest BCUT2D eigenvalue weighted by molar-refractivity contribution is -0.116.